The molecule has 9 nitrogen and oxygen atoms in total. The van der Waals surface area contributed by atoms with Gasteiger partial charge in [-0.05, 0) is 30.4 Å². The van der Waals surface area contributed by atoms with E-state index in [0.717, 1.165) is 5.56 Å². The minimum atomic E-state index is -1.40. The molecular weight excluding hydrogens is 456 g/mol. The van der Waals surface area contributed by atoms with Crippen molar-refractivity contribution in [2.45, 2.75) is 88.4 Å². The molecule has 1 aromatic heterocycles. The van der Waals surface area contributed by atoms with Crippen LogP contribution in [0.2, 0.25) is 0 Å². The van der Waals surface area contributed by atoms with Crippen LogP contribution in [0.3, 0.4) is 0 Å². The number of carbonyl (C=O) groups is 1. The van der Waals surface area contributed by atoms with Gasteiger partial charge in [-0.2, -0.15) is 0 Å². The number of ketones is 1. The second-order valence-electron chi connectivity index (χ2n) is 12.7. The zero-order valence-corrected chi connectivity index (χ0v) is 20.1. The van der Waals surface area contributed by atoms with Crippen molar-refractivity contribution in [2.75, 3.05) is 6.61 Å². The highest BCUT2D eigenvalue weighted by atomic mass is 16.6. The molecular formula is C26H34O9. The van der Waals surface area contributed by atoms with Crippen molar-refractivity contribution in [2.24, 2.45) is 33.5 Å². The monoisotopic (exact) mass is 490 g/mol. The van der Waals surface area contributed by atoms with Crippen LogP contribution in [0.25, 0.3) is 0 Å². The van der Waals surface area contributed by atoms with Gasteiger partial charge >= 0.3 is 0 Å². The van der Waals surface area contributed by atoms with Crippen LogP contribution in [0.5, 0.6) is 0 Å². The smallest absolute Gasteiger partial charge is 0.166 e. The Labute approximate surface area is 203 Å². The average Bonchev–Trinajstić information content (AvgIpc) is 3.18. The van der Waals surface area contributed by atoms with Gasteiger partial charge < -0.3 is 39.4 Å². The Kier molecular flexibility index (Phi) is 4.16. The summed E-state index contributed by atoms with van der Waals surface area (Å²) < 4.78 is 17.6. The van der Waals surface area contributed by atoms with Crippen LogP contribution in [0.4, 0.5) is 0 Å². The Hall–Kier alpha value is -1.33. The van der Waals surface area contributed by atoms with Crippen molar-refractivity contribution >= 4 is 5.78 Å². The van der Waals surface area contributed by atoms with E-state index in [0.29, 0.717) is 6.42 Å². The Bertz CT molecular complexity index is 1090. The largest absolute Gasteiger partial charge is 0.472 e. The predicted octanol–water partition coefficient (Wildman–Crippen LogP) is 0.324. The third-order valence-electron chi connectivity index (χ3n) is 12.1. The second kappa shape index (κ2) is 6.38. The van der Waals surface area contributed by atoms with E-state index in [2.05, 4.69) is 0 Å². The molecule has 2 aliphatic heterocycles. The highest BCUT2D eigenvalue weighted by molar-refractivity contribution is 5.91. The molecule has 1 aromatic rings. The third kappa shape index (κ3) is 2.04. The van der Waals surface area contributed by atoms with E-state index in [9.17, 15) is 30.3 Å². The number of Topliss-reactive ketones (excluding diaryl/α,β-unsaturated/α-hetero) is 1. The maximum absolute atomic E-state index is 14.4. The SMILES string of the molecule is CC12C(O)CC(O)C3(COC1O)C2CC(O)C1(C)C3C(=O)C(O)C2(C)C(c3ccoc3)CC3OC321. The first-order valence-electron chi connectivity index (χ1n) is 12.7. The van der Waals surface area contributed by atoms with Crippen molar-refractivity contribution < 1.29 is 44.2 Å². The maximum atomic E-state index is 14.4. The van der Waals surface area contributed by atoms with Crippen molar-refractivity contribution in [3.63, 3.8) is 0 Å². The Morgan fingerprint density at radius 3 is 2.37 bits per heavy atom. The summed E-state index contributed by atoms with van der Waals surface area (Å²) in [7, 11) is 0. The Morgan fingerprint density at radius 1 is 0.943 bits per heavy atom. The van der Waals surface area contributed by atoms with Crippen molar-refractivity contribution in [1.82, 2.24) is 0 Å². The highest BCUT2D eigenvalue weighted by Crippen LogP contribution is 2.82. The molecule has 4 aliphatic carbocycles. The zero-order chi connectivity index (χ0) is 24.9. The first-order valence-corrected chi connectivity index (χ1v) is 12.7. The third-order valence-corrected chi connectivity index (χ3v) is 12.1. The van der Waals surface area contributed by atoms with Gasteiger partial charge in [0.15, 0.2) is 12.1 Å². The molecule has 2 bridgehead atoms. The zero-order valence-electron chi connectivity index (χ0n) is 20.1. The van der Waals surface area contributed by atoms with E-state index in [-0.39, 0.29) is 31.5 Å². The van der Waals surface area contributed by atoms with Crippen LogP contribution >= 0.6 is 0 Å². The quantitative estimate of drug-likeness (QED) is 0.350. The number of aliphatic hydroxyl groups excluding tert-OH is 5. The number of aliphatic hydroxyl groups is 5. The van der Waals surface area contributed by atoms with Crippen molar-refractivity contribution in [1.29, 1.82) is 0 Å². The average molecular weight is 491 g/mol. The molecule has 35 heavy (non-hydrogen) atoms. The van der Waals surface area contributed by atoms with Gasteiger partial charge in [-0.25, -0.2) is 0 Å². The number of epoxide rings is 1. The van der Waals surface area contributed by atoms with Gasteiger partial charge in [-0.3, -0.25) is 4.79 Å². The first kappa shape index (κ1) is 22.8. The van der Waals surface area contributed by atoms with Crippen LogP contribution in [0.1, 0.15) is 51.5 Å². The van der Waals surface area contributed by atoms with E-state index >= 15 is 0 Å². The van der Waals surface area contributed by atoms with Gasteiger partial charge in [0.25, 0.3) is 0 Å². The second-order valence-corrected chi connectivity index (χ2v) is 12.7. The summed E-state index contributed by atoms with van der Waals surface area (Å²) >= 11 is 0. The molecule has 9 heteroatoms. The number of ether oxygens (including phenoxy) is 2. The minimum Gasteiger partial charge on any atom is -0.472 e. The van der Waals surface area contributed by atoms with Crippen LogP contribution < -0.4 is 0 Å². The summed E-state index contributed by atoms with van der Waals surface area (Å²) in [6.45, 7) is 5.35. The van der Waals surface area contributed by atoms with Crippen LogP contribution in [0.15, 0.2) is 23.0 Å². The topological polar surface area (TPSA) is 153 Å². The number of rotatable bonds is 1. The highest BCUT2D eigenvalue weighted by Gasteiger charge is 2.91. The number of fused-ring (bicyclic) bond motifs is 1. The fourth-order valence-corrected chi connectivity index (χ4v) is 10.3. The Balaban J connectivity index is 1.44. The standard InChI is InChI=1S/C26H34O9/c1-22-13-7-15(28)24(3)19(25(13,10-34-21(22)32)16(29)8-14(22)27)18(30)20(31)23(2)12(11-4-5-33-9-11)6-17-26(23,24)35-17/h4-5,9,12-17,19-21,27-29,31-32H,6-8,10H2,1-3H3. The molecule has 14 unspecified atom stereocenters. The number of carbonyl (C=O) groups excluding carboxylic acids is 1. The van der Waals surface area contributed by atoms with Gasteiger partial charge in [0.1, 0.15) is 11.7 Å². The number of hydrogen-bond donors (Lipinski definition) is 5. The molecule has 3 heterocycles. The summed E-state index contributed by atoms with van der Waals surface area (Å²) in [6.07, 6.45) is -2.21. The van der Waals surface area contributed by atoms with Gasteiger partial charge in [0, 0.05) is 39.9 Å². The lowest BCUT2D eigenvalue weighted by Gasteiger charge is -2.72. The molecule has 2 saturated heterocycles. The lowest BCUT2D eigenvalue weighted by molar-refractivity contribution is -0.373. The molecule has 5 N–H and O–H groups in total. The molecule has 6 aliphatic rings. The van der Waals surface area contributed by atoms with Crippen LogP contribution in [-0.4, -0.2) is 80.3 Å². The normalized spacial score (nSPS) is 62.5. The summed E-state index contributed by atoms with van der Waals surface area (Å²) in [4.78, 5) is 14.4. The first-order chi connectivity index (χ1) is 16.4. The molecule has 0 radical (unpaired) electrons. The molecule has 1 spiro atoms. The molecule has 192 valence electrons. The van der Waals surface area contributed by atoms with Gasteiger partial charge in [0.2, 0.25) is 0 Å². The fraction of sp³-hybridized carbons (Fsp3) is 0.808. The summed E-state index contributed by atoms with van der Waals surface area (Å²) in [5.74, 6) is -2.21. The van der Waals surface area contributed by atoms with Crippen LogP contribution in [0, 0.1) is 33.5 Å². The van der Waals surface area contributed by atoms with Gasteiger partial charge in [-0.1, -0.05) is 20.8 Å². The van der Waals surface area contributed by atoms with E-state index in [1.54, 1.807) is 19.5 Å². The van der Waals surface area contributed by atoms with E-state index in [4.69, 9.17) is 13.9 Å². The fourth-order valence-electron chi connectivity index (χ4n) is 10.3. The maximum Gasteiger partial charge on any atom is 0.166 e. The lowest BCUT2D eigenvalue weighted by Crippen LogP contribution is -2.82. The molecule has 6 fully saturated rings. The summed E-state index contributed by atoms with van der Waals surface area (Å²) in [6, 6.07) is 1.85. The molecule has 0 aromatic carbocycles. The van der Waals surface area contributed by atoms with Crippen molar-refractivity contribution in [3.05, 3.63) is 24.2 Å². The number of hydrogen-bond acceptors (Lipinski definition) is 9. The molecule has 7 rings (SSSR count). The summed E-state index contributed by atoms with van der Waals surface area (Å²) in [5.41, 5.74) is -4.59. The van der Waals surface area contributed by atoms with Crippen LogP contribution in [-0.2, 0) is 14.3 Å². The van der Waals surface area contributed by atoms with E-state index in [1.807, 2.05) is 19.9 Å². The minimum absolute atomic E-state index is 0.0222. The summed E-state index contributed by atoms with van der Waals surface area (Å²) in [5, 5.41) is 57.0. The van der Waals surface area contributed by atoms with E-state index in [1.165, 1.54) is 0 Å². The van der Waals surface area contributed by atoms with Gasteiger partial charge in [0.05, 0.1) is 43.5 Å². The number of furan rings is 1. The molecule has 14 atom stereocenters. The predicted molar refractivity (Wildman–Crippen MR) is 118 cm³/mol. The van der Waals surface area contributed by atoms with Gasteiger partial charge in [-0.15, -0.1) is 0 Å². The Morgan fingerprint density at radius 2 is 1.69 bits per heavy atom. The lowest BCUT2D eigenvalue weighted by atomic mass is 9.33. The van der Waals surface area contributed by atoms with E-state index < -0.39 is 75.6 Å². The molecule has 0 amide bonds. The van der Waals surface area contributed by atoms with Crippen molar-refractivity contribution in [3.8, 4) is 0 Å². The molecule has 4 saturated carbocycles.